The van der Waals surface area contributed by atoms with Crippen LogP contribution in [0.15, 0.2) is 47.0 Å². The second kappa shape index (κ2) is 13.5. The molecule has 0 aromatic carbocycles. The first-order valence-corrected chi connectivity index (χ1v) is 16.6. The molecule has 4 rings (SSSR count). The second-order valence-electron chi connectivity index (χ2n) is 9.91. The van der Waals surface area contributed by atoms with Crippen LogP contribution in [0.5, 0.6) is 0 Å². The van der Waals surface area contributed by atoms with Gasteiger partial charge in [-0.15, -0.1) is 23.1 Å². The molecule has 2 aliphatic heterocycles. The van der Waals surface area contributed by atoms with Gasteiger partial charge in [0, 0.05) is 53.3 Å². The molecular weight excluding hydrogens is 594 g/mol. The van der Waals surface area contributed by atoms with Crippen molar-refractivity contribution in [3.05, 3.63) is 51.3 Å². The van der Waals surface area contributed by atoms with E-state index in [2.05, 4.69) is 15.0 Å². The summed E-state index contributed by atoms with van der Waals surface area (Å²) in [6.45, 7) is 2.68. The zero-order valence-corrected chi connectivity index (χ0v) is 25.3. The zero-order chi connectivity index (χ0) is 28.8. The van der Waals surface area contributed by atoms with Gasteiger partial charge in [-0.3, -0.25) is 19.4 Å². The molecule has 0 bridgehead atoms. The Morgan fingerprint density at radius 3 is 2.73 bits per heavy atom. The van der Waals surface area contributed by atoms with E-state index in [0.29, 0.717) is 41.7 Å². The quantitative estimate of drug-likeness (QED) is 0.367. The first-order valence-electron chi connectivity index (χ1n) is 12.9. The number of nitrogens with one attached hydrogen (secondary N) is 2. The number of carbonyl (C=O) groups excluding carboxylic acids is 3. The molecule has 40 heavy (non-hydrogen) atoms. The lowest BCUT2D eigenvalue weighted by Gasteiger charge is -2.39. The third-order valence-corrected chi connectivity index (χ3v) is 10.3. The standard InChI is InChI=1S/C26H32ClN5O5S3/c1-26(30-40(36,37)15-9-21-5-6-22(27)39-21)10-3-13-31(25(26)35)17-24(34)32-14-2-4-19(32)16-29-23(33)18-38-20-7-11-28-12-8-20/h5-9,11-12,15,19,30H,2-4,10,13-14,16-18H2,1H3,(H,29,33)/b15-9+/t19-,26+/m1/s1. The van der Waals surface area contributed by atoms with E-state index in [1.807, 2.05) is 12.1 Å². The highest BCUT2D eigenvalue weighted by Gasteiger charge is 2.43. The van der Waals surface area contributed by atoms with Crippen LogP contribution in [0.1, 0.15) is 37.5 Å². The van der Waals surface area contributed by atoms with Gasteiger partial charge in [-0.05, 0) is 62.9 Å². The molecule has 14 heteroatoms. The molecule has 2 N–H and O–H groups in total. The highest BCUT2D eigenvalue weighted by molar-refractivity contribution is 8.00. The number of hydrogen-bond acceptors (Lipinski definition) is 8. The fourth-order valence-corrected chi connectivity index (χ4v) is 7.82. The van der Waals surface area contributed by atoms with Crippen molar-refractivity contribution in [3.63, 3.8) is 0 Å². The number of thiophene rings is 1. The summed E-state index contributed by atoms with van der Waals surface area (Å²) in [5.74, 6) is -0.498. The molecule has 2 saturated heterocycles. The van der Waals surface area contributed by atoms with E-state index < -0.39 is 21.5 Å². The van der Waals surface area contributed by atoms with E-state index in [9.17, 15) is 22.8 Å². The molecule has 2 atom stereocenters. The van der Waals surface area contributed by atoms with E-state index >= 15 is 0 Å². The van der Waals surface area contributed by atoms with Crippen LogP contribution >= 0.6 is 34.7 Å². The number of aromatic nitrogens is 1. The van der Waals surface area contributed by atoms with Gasteiger partial charge in [-0.2, -0.15) is 4.72 Å². The Morgan fingerprint density at radius 1 is 1.23 bits per heavy atom. The zero-order valence-electron chi connectivity index (χ0n) is 22.0. The molecule has 10 nitrogen and oxygen atoms in total. The van der Waals surface area contributed by atoms with Gasteiger partial charge in [0.05, 0.1) is 16.6 Å². The number of halogens is 1. The number of sulfonamides is 1. The summed E-state index contributed by atoms with van der Waals surface area (Å²) in [5.41, 5.74) is -1.36. The van der Waals surface area contributed by atoms with Gasteiger partial charge in [0.2, 0.25) is 27.7 Å². The maximum atomic E-state index is 13.4. The molecule has 4 heterocycles. The molecule has 0 saturated carbocycles. The third kappa shape index (κ3) is 8.29. The monoisotopic (exact) mass is 625 g/mol. The fourth-order valence-electron chi connectivity index (χ4n) is 4.85. The summed E-state index contributed by atoms with van der Waals surface area (Å²) in [7, 11) is -3.93. The maximum Gasteiger partial charge on any atom is 0.244 e. The maximum absolute atomic E-state index is 13.4. The Hall–Kier alpha value is -2.45. The number of piperidine rings is 1. The SMILES string of the molecule is C[C@]1(NS(=O)(=O)/C=C/c2ccc(Cl)s2)CCCN(CC(=O)N2CCC[C@@H]2CNC(=O)CSc2ccncc2)C1=O. The largest absolute Gasteiger partial charge is 0.353 e. The van der Waals surface area contributed by atoms with Crippen molar-refractivity contribution in [2.45, 2.75) is 49.1 Å². The average molecular weight is 626 g/mol. The molecule has 2 fully saturated rings. The summed E-state index contributed by atoms with van der Waals surface area (Å²) in [6, 6.07) is 6.91. The topological polar surface area (TPSA) is 129 Å². The molecule has 2 aliphatic rings. The highest BCUT2D eigenvalue weighted by Crippen LogP contribution is 2.26. The Kier molecular flexibility index (Phi) is 10.3. The molecule has 2 aromatic heterocycles. The smallest absolute Gasteiger partial charge is 0.244 e. The lowest BCUT2D eigenvalue weighted by molar-refractivity contribution is -0.146. The van der Waals surface area contributed by atoms with Crippen molar-refractivity contribution >= 4 is 68.5 Å². The van der Waals surface area contributed by atoms with Crippen LogP contribution in [-0.2, 0) is 24.4 Å². The number of likely N-dealkylation sites (tertiary alicyclic amines) is 2. The van der Waals surface area contributed by atoms with Gasteiger partial charge < -0.3 is 15.1 Å². The van der Waals surface area contributed by atoms with Crippen LogP contribution in [0.25, 0.3) is 6.08 Å². The highest BCUT2D eigenvalue weighted by atomic mass is 35.5. The Bertz CT molecular complexity index is 1350. The average Bonchev–Trinajstić information content (AvgIpc) is 3.57. The van der Waals surface area contributed by atoms with Gasteiger partial charge in [-0.1, -0.05) is 11.6 Å². The van der Waals surface area contributed by atoms with Crippen molar-refractivity contribution in [3.8, 4) is 0 Å². The number of pyridine rings is 1. The number of amides is 3. The van der Waals surface area contributed by atoms with Crippen LogP contribution in [0.2, 0.25) is 4.34 Å². The first kappa shape index (κ1) is 30.5. The Balaban J connectivity index is 1.29. The third-order valence-electron chi connectivity index (χ3n) is 6.82. The Morgan fingerprint density at radius 2 is 2.00 bits per heavy atom. The van der Waals surface area contributed by atoms with Crippen molar-refractivity contribution < 1.29 is 22.8 Å². The lowest BCUT2D eigenvalue weighted by Crippen LogP contribution is -2.62. The van der Waals surface area contributed by atoms with Crippen LogP contribution in [0, 0.1) is 0 Å². The molecule has 2 aromatic rings. The number of hydrogen-bond donors (Lipinski definition) is 2. The Labute approximate surface area is 247 Å². The summed E-state index contributed by atoms with van der Waals surface area (Å²) in [5, 5.41) is 3.94. The fraction of sp³-hybridized carbons (Fsp3) is 0.462. The van der Waals surface area contributed by atoms with Gasteiger partial charge in [0.1, 0.15) is 5.54 Å². The van der Waals surface area contributed by atoms with E-state index in [1.165, 1.54) is 34.1 Å². The van der Waals surface area contributed by atoms with E-state index in [1.54, 1.807) is 36.4 Å². The first-order chi connectivity index (χ1) is 19.0. The van der Waals surface area contributed by atoms with Crippen molar-refractivity contribution in [2.75, 3.05) is 31.9 Å². The predicted octanol–water partition coefficient (Wildman–Crippen LogP) is 2.97. The minimum absolute atomic E-state index is 0.119. The summed E-state index contributed by atoms with van der Waals surface area (Å²) in [4.78, 5) is 47.7. The van der Waals surface area contributed by atoms with E-state index in [-0.39, 0.29) is 30.2 Å². The van der Waals surface area contributed by atoms with Crippen LogP contribution in [0.4, 0.5) is 0 Å². The molecule has 0 unspecified atom stereocenters. The lowest BCUT2D eigenvalue weighted by atomic mass is 9.91. The summed E-state index contributed by atoms with van der Waals surface area (Å²) >= 11 is 8.56. The summed E-state index contributed by atoms with van der Waals surface area (Å²) < 4.78 is 28.6. The predicted molar refractivity (Wildman–Crippen MR) is 157 cm³/mol. The molecule has 0 aliphatic carbocycles. The van der Waals surface area contributed by atoms with E-state index in [0.717, 1.165) is 23.1 Å². The number of rotatable bonds is 11. The molecule has 0 spiro atoms. The summed E-state index contributed by atoms with van der Waals surface area (Å²) in [6.07, 6.45) is 7.23. The minimum Gasteiger partial charge on any atom is -0.353 e. The minimum atomic E-state index is -3.93. The number of nitrogens with zero attached hydrogens (tertiary/aromatic N) is 3. The van der Waals surface area contributed by atoms with Gasteiger partial charge >= 0.3 is 0 Å². The normalized spacial score (nSPS) is 21.8. The number of thioether (sulfide) groups is 1. The van der Waals surface area contributed by atoms with Crippen molar-refractivity contribution in [1.82, 2.24) is 24.8 Å². The molecular formula is C26H32ClN5O5S3. The van der Waals surface area contributed by atoms with E-state index in [4.69, 9.17) is 11.6 Å². The van der Waals surface area contributed by atoms with Gasteiger partial charge in [-0.25, -0.2) is 8.42 Å². The van der Waals surface area contributed by atoms with Gasteiger partial charge in [0.25, 0.3) is 0 Å². The second-order valence-corrected chi connectivity index (χ2v) is 14.3. The van der Waals surface area contributed by atoms with Crippen molar-refractivity contribution in [2.24, 2.45) is 0 Å². The number of carbonyl (C=O) groups is 3. The van der Waals surface area contributed by atoms with Crippen LogP contribution < -0.4 is 10.0 Å². The molecule has 0 radical (unpaired) electrons. The van der Waals surface area contributed by atoms with Crippen LogP contribution in [0.3, 0.4) is 0 Å². The van der Waals surface area contributed by atoms with Crippen molar-refractivity contribution in [1.29, 1.82) is 0 Å². The van der Waals surface area contributed by atoms with Crippen LogP contribution in [-0.4, -0.2) is 84.4 Å². The molecule has 216 valence electrons. The molecule has 3 amide bonds. The van der Waals surface area contributed by atoms with Gasteiger partial charge in [0.15, 0.2) is 0 Å².